The van der Waals surface area contributed by atoms with Crippen molar-refractivity contribution in [3.63, 3.8) is 0 Å². The van der Waals surface area contributed by atoms with Crippen LogP contribution in [-0.4, -0.2) is 39.5 Å². The number of carbonyl (C=O) groups is 2. The van der Waals surface area contributed by atoms with Crippen LogP contribution < -0.4 is 4.90 Å². The van der Waals surface area contributed by atoms with Crippen LogP contribution in [0.15, 0.2) is 78.9 Å². The van der Waals surface area contributed by atoms with Crippen LogP contribution in [0.5, 0.6) is 0 Å². The minimum absolute atomic E-state index is 0.313. The van der Waals surface area contributed by atoms with Gasteiger partial charge in [-0.3, -0.25) is 9.59 Å². The highest BCUT2D eigenvalue weighted by Crippen LogP contribution is 2.22. The third kappa shape index (κ3) is 6.62. The van der Waals surface area contributed by atoms with Crippen LogP contribution in [0.1, 0.15) is 59.5 Å². The van der Waals surface area contributed by atoms with Gasteiger partial charge >= 0.3 is 0 Å². The Kier molecular flexibility index (Phi) is 7.70. The first kappa shape index (κ1) is 25.3. The molecule has 0 amide bonds. The van der Waals surface area contributed by atoms with E-state index in [-0.39, 0.29) is 11.6 Å². The van der Waals surface area contributed by atoms with E-state index in [1.165, 1.54) is 33.3 Å². The average Bonchev–Trinajstić information content (AvgIpc) is 2.81. The number of anilines is 1. The maximum Gasteiger partial charge on any atom is 0.193 e. The summed E-state index contributed by atoms with van der Waals surface area (Å²) < 4.78 is 0. The summed E-state index contributed by atoms with van der Waals surface area (Å²) in [7, 11) is 0. The molecule has 0 radical (unpaired) electrons. The third-order valence-corrected chi connectivity index (χ3v) is 5.71. The van der Waals surface area contributed by atoms with Gasteiger partial charge in [0, 0.05) is 29.9 Å². The number of hydrogen-bond donors (Lipinski definition) is 2. The molecule has 5 heteroatoms. The lowest BCUT2D eigenvalue weighted by molar-refractivity contribution is 0.0487. The van der Waals surface area contributed by atoms with Crippen molar-refractivity contribution < 1.29 is 19.8 Å². The Balaban J connectivity index is 1.82. The predicted molar refractivity (Wildman–Crippen MR) is 135 cm³/mol. The Morgan fingerprint density at radius 2 is 1.15 bits per heavy atom. The molecule has 34 heavy (non-hydrogen) atoms. The second-order valence-electron chi connectivity index (χ2n) is 9.68. The van der Waals surface area contributed by atoms with Gasteiger partial charge in [-0.25, -0.2) is 0 Å². The van der Waals surface area contributed by atoms with Crippen molar-refractivity contribution in [3.05, 3.63) is 101 Å². The van der Waals surface area contributed by atoms with Gasteiger partial charge in [-0.1, -0.05) is 54.6 Å². The van der Waals surface area contributed by atoms with Crippen molar-refractivity contribution >= 4 is 17.3 Å². The molecule has 0 unspecified atom stereocenters. The number of benzene rings is 3. The van der Waals surface area contributed by atoms with Crippen molar-refractivity contribution in [1.82, 2.24) is 0 Å². The van der Waals surface area contributed by atoms with Crippen LogP contribution in [0.4, 0.5) is 5.69 Å². The molecule has 0 heterocycles. The lowest BCUT2D eigenvalue weighted by Gasteiger charge is -2.26. The SMILES string of the molecule is CC(C)(O)C(=O)c1ccc(CN(CCc2ccccc2)c2ccc(C(=O)C(C)(C)O)cc2)cc1. The average molecular weight is 460 g/mol. The highest BCUT2D eigenvalue weighted by molar-refractivity contribution is 6.02. The van der Waals surface area contributed by atoms with E-state index in [1.54, 1.807) is 24.3 Å². The van der Waals surface area contributed by atoms with E-state index in [1.807, 2.05) is 42.5 Å². The molecule has 0 aliphatic carbocycles. The van der Waals surface area contributed by atoms with Gasteiger partial charge in [-0.05, 0) is 69.5 Å². The monoisotopic (exact) mass is 459 g/mol. The van der Waals surface area contributed by atoms with Crippen LogP contribution in [0, 0.1) is 0 Å². The first-order valence-corrected chi connectivity index (χ1v) is 11.5. The maximum atomic E-state index is 12.4. The van der Waals surface area contributed by atoms with Gasteiger partial charge in [0.1, 0.15) is 11.2 Å². The zero-order valence-electron chi connectivity index (χ0n) is 20.3. The van der Waals surface area contributed by atoms with E-state index in [9.17, 15) is 19.8 Å². The Morgan fingerprint density at radius 1 is 0.676 bits per heavy atom. The Labute approximate surface area is 201 Å². The van der Waals surface area contributed by atoms with E-state index in [4.69, 9.17) is 0 Å². The molecule has 3 rings (SSSR count). The van der Waals surface area contributed by atoms with E-state index in [0.29, 0.717) is 17.7 Å². The summed E-state index contributed by atoms with van der Waals surface area (Å²) >= 11 is 0. The molecule has 0 fully saturated rings. The van der Waals surface area contributed by atoms with Crippen LogP contribution >= 0.6 is 0 Å². The van der Waals surface area contributed by atoms with Crippen molar-refractivity contribution in [2.24, 2.45) is 0 Å². The second-order valence-corrected chi connectivity index (χ2v) is 9.68. The van der Waals surface area contributed by atoms with Gasteiger partial charge in [0.2, 0.25) is 0 Å². The van der Waals surface area contributed by atoms with E-state index in [2.05, 4.69) is 17.0 Å². The summed E-state index contributed by atoms with van der Waals surface area (Å²) in [5.41, 5.74) is 1.32. The zero-order valence-corrected chi connectivity index (χ0v) is 20.3. The van der Waals surface area contributed by atoms with Crippen LogP contribution in [0.25, 0.3) is 0 Å². The number of hydrogen-bond acceptors (Lipinski definition) is 5. The zero-order chi connectivity index (χ0) is 24.9. The van der Waals surface area contributed by atoms with E-state index < -0.39 is 11.2 Å². The van der Waals surface area contributed by atoms with Crippen molar-refractivity contribution in [2.45, 2.75) is 51.9 Å². The van der Waals surface area contributed by atoms with Crippen LogP contribution in [-0.2, 0) is 13.0 Å². The summed E-state index contributed by atoms with van der Waals surface area (Å²) in [6.45, 7) is 7.32. The minimum atomic E-state index is -1.42. The van der Waals surface area contributed by atoms with Crippen molar-refractivity contribution in [1.29, 1.82) is 0 Å². The van der Waals surface area contributed by atoms with Gasteiger partial charge in [0.15, 0.2) is 11.6 Å². The largest absolute Gasteiger partial charge is 0.382 e. The second kappa shape index (κ2) is 10.3. The fourth-order valence-corrected chi connectivity index (χ4v) is 3.72. The molecule has 0 saturated carbocycles. The molecule has 2 N–H and O–H groups in total. The lowest BCUT2D eigenvalue weighted by Crippen LogP contribution is -2.31. The Hall–Kier alpha value is -3.28. The number of Topliss-reactive ketones (excluding diaryl/α,β-unsaturated/α-hetero) is 2. The fraction of sp³-hybridized carbons (Fsp3) is 0.310. The summed E-state index contributed by atoms with van der Waals surface area (Å²) in [5.74, 6) is -0.631. The molecule has 0 spiro atoms. The molecule has 5 nitrogen and oxygen atoms in total. The fourth-order valence-electron chi connectivity index (χ4n) is 3.72. The number of nitrogens with zero attached hydrogens (tertiary/aromatic N) is 1. The van der Waals surface area contributed by atoms with Crippen LogP contribution in [0.3, 0.4) is 0 Å². The van der Waals surface area contributed by atoms with Crippen LogP contribution in [0.2, 0.25) is 0 Å². The molecular weight excluding hydrogens is 426 g/mol. The number of rotatable bonds is 10. The highest BCUT2D eigenvalue weighted by atomic mass is 16.3. The predicted octanol–water partition coefficient (Wildman–Crippen LogP) is 4.84. The first-order valence-electron chi connectivity index (χ1n) is 11.5. The molecule has 178 valence electrons. The van der Waals surface area contributed by atoms with Gasteiger partial charge < -0.3 is 15.1 Å². The molecule has 0 saturated heterocycles. The maximum absolute atomic E-state index is 12.4. The normalized spacial score (nSPS) is 11.8. The first-order chi connectivity index (χ1) is 15.9. The molecule has 3 aromatic carbocycles. The summed E-state index contributed by atoms with van der Waals surface area (Å²) in [5, 5.41) is 20.0. The smallest absolute Gasteiger partial charge is 0.193 e. The summed E-state index contributed by atoms with van der Waals surface area (Å²) in [6, 6.07) is 24.8. The number of ketones is 2. The van der Waals surface area contributed by atoms with Crippen molar-refractivity contribution in [2.75, 3.05) is 11.4 Å². The van der Waals surface area contributed by atoms with Gasteiger partial charge in [-0.15, -0.1) is 0 Å². The highest BCUT2D eigenvalue weighted by Gasteiger charge is 2.26. The van der Waals surface area contributed by atoms with E-state index in [0.717, 1.165) is 24.2 Å². The van der Waals surface area contributed by atoms with Gasteiger partial charge in [0.25, 0.3) is 0 Å². The molecule has 0 bridgehead atoms. The Morgan fingerprint density at radius 3 is 1.62 bits per heavy atom. The molecule has 0 aliphatic rings. The molecule has 3 aromatic rings. The third-order valence-electron chi connectivity index (χ3n) is 5.71. The number of aliphatic hydroxyl groups is 2. The Bertz CT molecular complexity index is 1110. The minimum Gasteiger partial charge on any atom is -0.382 e. The summed E-state index contributed by atoms with van der Waals surface area (Å²) in [4.78, 5) is 27.0. The molecule has 0 aromatic heterocycles. The molecule has 0 aliphatic heterocycles. The van der Waals surface area contributed by atoms with Gasteiger partial charge in [-0.2, -0.15) is 0 Å². The van der Waals surface area contributed by atoms with E-state index >= 15 is 0 Å². The molecule has 0 atom stereocenters. The standard InChI is InChI=1S/C29H33NO4/c1-28(2,33)26(31)23-12-10-22(11-13-23)20-30(19-18-21-8-6-5-7-9-21)25-16-14-24(15-17-25)27(32)29(3,4)34/h5-17,33-34H,18-20H2,1-4H3. The van der Waals surface area contributed by atoms with Crippen molar-refractivity contribution in [3.8, 4) is 0 Å². The summed E-state index contributed by atoms with van der Waals surface area (Å²) in [6.07, 6.45) is 0.848. The topological polar surface area (TPSA) is 77.8 Å². The quantitative estimate of drug-likeness (QED) is 0.424. The lowest BCUT2D eigenvalue weighted by atomic mass is 9.96. The number of carbonyl (C=O) groups excluding carboxylic acids is 2. The molecular formula is C29H33NO4. The van der Waals surface area contributed by atoms with Gasteiger partial charge in [0.05, 0.1) is 0 Å².